The molecule has 1 heterocycles. The number of hydrogen-bond acceptors (Lipinski definition) is 3. The van der Waals surface area contributed by atoms with E-state index in [2.05, 4.69) is 11.1 Å². The molecule has 0 saturated heterocycles. The molecule has 0 N–H and O–H groups in total. The number of aldehydes is 1. The molecule has 0 unspecified atom stereocenters. The Hall–Kier alpha value is -2.99. The summed E-state index contributed by atoms with van der Waals surface area (Å²) in [6, 6.07) is 15.1. The fraction of sp³-hybridized carbons (Fsp3) is 0. The largest absolute Gasteiger partial charge is 0.298 e. The first-order valence-corrected chi connectivity index (χ1v) is 6.16. The Bertz CT molecular complexity index is 842. The normalized spacial score (nSPS) is 10.2. The minimum absolute atomic E-state index is 0.536. The van der Waals surface area contributed by atoms with E-state index in [0.29, 0.717) is 11.1 Å². The zero-order chi connectivity index (χ0) is 13.9. The van der Waals surface area contributed by atoms with E-state index < -0.39 is 0 Å². The van der Waals surface area contributed by atoms with Crippen molar-refractivity contribution in [2.75, 3.05) is 0 Å². The summed E-state index contributed by atoms with van der Waals surface area (Å²) < 4.78 is 0. The van der Waals surface area contributed by atoms with Crippen LogP contribution in [0.15, 0.2) is 54.9 Å². The van der Waals surface area contributed by atoms with Crippen molar-refractivity contribution in [2.24, 2.45) is 0 Å². The van der Waals surface area contributed by atoms with E-state index in [-0.39, 0.29) is 0 Å². The third kappa shape index (κ3) is 1.94. The van der Waals surface area contributed by atoms with Gasteiger partial charge < -0.3 is 0 Å². The molecule has 0 saturated carbocycles. The molecule has 3 rings (SSSR count). The van der Waals surface area contributed by atoms with Crippen molar-refractivity contribution in [1.82, 2.24) is 4.98 Å². The molecule has 3 heteroatoms. The van der Waals surface area contributed by atoms with Crippen molar-refractivity contribution in [3.63, 3.8) is 0 Å². The van der Waals surface area contributed by atoms with Gasteiger partial charge in [0.05, 0.1) is 11.6 Å². The van der Waals surface area contributed by atoms with Crippen molar-refractivity contribution in [3.8, 4) is 17.2 Å². The number of pyridine rings is 1. The topological polar surface area (TPSA) is 53.8 Å². The molecule has 0 atom stereocenters. The van der Waals surface area contributed by atoms with Crippen LogP contribution < -0.4 is 0 Å². The molecule has 0 radical (unpaired) electrons. The number of hydrogen-bond donors (Lipinski definition) is 0. The second-order valence-corrected chi connectivity index (χ2v) is 4.44. The van der Waals surface area contributed by atoms with Gasteiger partial charge in [-0.2, -0.15) is 5.26 Å². The maximum atomic E-state index is 11.0. The Labute approximate surface area is 116 Å². The molecule has 0 bridgehead atoms. The second-order valence-electron chi connectivity index (χ2n) is 4.44. The number of nitriles is 1. The molecular weight excluding hydrogens is 248 g/mol. The van der Waals surface area contributed by atoms with Crippen LogP contribution in [0, 0.1) is 11.3 Å². The molecule has 3 nitrogen and oxygen atoms in total. The molecule has 0 spiro atoms. The van der Waals surface area contributed by atoms with Crippen molar-refractivity contribution in [1.29, 1.82) is 5.26 Å². The molecular formula is C17H10N2O. The lowest BCUT2D eigenvalue weighted by Crippen LogP contribution is -1.90. The summed E-state index contributed by atoms with van der Waals surface area (Å²) in [5, 5.41) is 11.3. The van der Waals surface area contributed by atoms with Crippen LogP contribution in [-0.4, -0.2) is 11.3 Å². The second kappa shape index (κ2) is 4.94. The van der Waals surface area contributed by atoms with Gasteiger partial charge in [0.25, 0.3) is 0 Å². The molecule has 94 valence electrons. The van der Waals surface area contributed by atoms with E-state index in [0.717, 1.165) is 28.2 Å². The average Bonchev–Trinajstić information content (AvgIpc) is 2.53. The van der Waals surface area contributed by atoms with Gasteiger partial charge in [0.15, 0.2) is 0 Å². The first-order valence-electron chi connectivity index (χ1n) is 6.16. The maximum Gasteiger partial charge on any atom is 0.150 e. The van der Waals surface area contributed by atoms with Crippen LogP contribution in [0.4, 0.5) is 0 Å². The molecule has 2 aromatic carbocycles. The zero-order valence-electron chi connectivity index (χ0n) is 10.6. The van der Waals surface area contributed by atoms with Crippen LogP contribution >= 0.6 is 0 Å². The Morgan fingerprint density at radius 1 is 1.05 bits per heavy atom. The Morgan fingerprint density at radius 2 is 1.90 bits per heavy atom. The van der Waals surface area contributed by atoms with Gasteiger partial charge in [0.1, 0.15) is 6.29 Å². The number of nitrogens with zero attached hydrogens (tertiary/aromatic N) is 2. The summed E-state index contributed by atoms with van der Waals surface area (Å²) >= 11 is 0. The molecule has 20 heavy (non-hydrogen) atoms. The summed E-state index contributed by atoms with van der Waals surface area (Å²) in [7, 11) is 0. The van der Waals surface area contributed by atoms with Gasteiger partial charge in [-0.1, -0.05) is 30.3 Å². The van der Waals surface area contributed by atoms with Crippen LogP contribution in [0.2, 0.25) is 0 Å². The van der Waals surface area contributed by atoms with Gasteiger partial charge in [0.2, 0.25) is 0 Å². The Balaban J connectivity index is 2.36. The van der Waals surface area contributed by atoms with E-state index in [1.807, 2.05) is 24.3 Å². The first-order chi connectivity index (χ1) is 9.83. The SMILES string of the molecule is N#Cc1ccc(C=O)cc1-c1cncc2ccccc12. The molecule has 0 amide bonds. The summed E-state index contributed by atoms with van der Waals surface area (Å²) in [5.41, 5.74) is 2.69. The predicted octanol–water partition coefficient (Wildman–Crippen LogP) is 3.59. The highest BCUT2D eigenvalue weighted by atomic mass is 16.1. The Morgan fingerprint density at radius 3 is 2.70 bits per heavy atom. The number of benzene rings is 2. The molecule has 3 aromatic rings. The summed E-state index contributed by atoms with van der Waals surface area (Å²) in [4.78, 5) is 15.2. The summed E-state index contributed by atoms with van der Waals surface area (Å²) in [5.74, 6) is 0. The van der Waals surface area contributed by atoms with Gasteiger partial charge in [0, 0.05) is 34.5 Å². The van der Waals surface area contributed by atoms with Crippen molar-refractivity contribution >= 4 is 17.1 Å². The van der Waals surface area contributed by atoms with E-state index in [9.17, 15) is 10.1 Å². The van der Waals surface area contributed by atoms with Crippen LogP contribution in [0.5, 0.6) is 0 Å². The number of rotatable bonds is 2. The van der Waals surface area contributed by atoms with Gasteiger partial charge in [-0.15, -0.1) is 0 Å². The lowest BCUT2D eigenvalue weighted by atomic mass is 9.95. The van der Waals surface area contributed by atoms with Gasteiger partial charge in [-0.3, -0.25) is 9.78 Å². The molecule has 0 aliphatic heterocycles. The lowest BCUT2D eigenvalue weighted by molar-refractivity contribution is 0.112. The van der Waals surface area contributed by atoms with Crippen molar-refractivity contribution < 1.29 is 4.79 Å². The minimum atomic E-state index is 0.536. The summed E-state index contributed by atoms with van der Waals surface area (Å²) in [6.45, 7) is 0. The molecule has 0 aliphatic rings. The average molecular weight is 258 g/mol. The smallest absolute Gasteiger partial charge is 0.150 e. The number of carbonyl (C=O) groups excluding carboxylic acids is 1. The van der Waals surface area contributed by atoms with Gasteiger partial charge in [-0.25, -0.2) is 0 Å². The van der Waals surface area contributed by atoms with Crippen LogP contribution in [-0.2, 0) is 0 Å². The summed E-state index contributed by atoms with van der Waals surface area (Å²) in [6.07, 6.45) is 4.30. The third-order valence-electron chi connectivity index (χ3n) is 3.26. The minimum Gasteiger partial charge on any atom is -0.298 e. The maximum absolute atomic E-state index is 11.0. The van der Waals surface area contributed by atoms with Crippen LogP contribution in [0.3, 0.4) is 0 Å². The van der Waals surface area contributed by atoms with Crippen LogP contribution in [0.25, 0.3) is 21.9 Å². The van der Waals surface area contributed by atoms with E-state index >= 15 is 0 Å². The van der Waals surface area contributed by atoms with Crippen LogP contribution in [0.1, 0.15) is 15.9 Å². The molecule has 1 aromatic heterocycles. The quantitative estimate of drug-likeness (QED) is 0.660. The van der Waals surface area contributed by atoms with E-state index in [1.54, 1.807) is 30.6 Å². The van der Waals surface area contributed by atoms with Gasteiger partial charge >= 0.3 is 0 Å². The fourth-order valence-electron chi connectivity index (χ4n) is 2.29. The van der Waals surface area contributed by atoms with Crippen molar-refractivity contribution in [3.05, 3.63) is 66.0 Å². The fourth-order valence-corrected chi connectivity index (χ4v) is 2.29. The number of fused-ring (bicyclic) bond motifs is 1. The Kier molecular flexibility index (Phi) is 2.98. The van der Waals surface area contributed by atoms with E-state index in [1.165, 1.54) is 0 Å². The number of carbonyl (C=O) groups is 1. The number of aromatic nitrogens is 1. The lowest BCUT2D eigenvalue weighted by Gasteiger charge is -2.08. The third-order valence-corrected chi connectivity index (χ3v) is 3.26. The highest BCUT2D eigenvalue weighted by Crippen LogP contribution is 2.30. The predicted molar refractivity (Wildman–Crippen MR) is 77.3 cm³/mol. The van der Waals surface area contributed by atoms with Gasteiger partial charge in [-0.05, 0) is 17.5 Å². The molecule has 0 fully saturated rings. The monoisotopic (exact) mass is 258 g/mol. The standard InChI is InChI=1S/C17H10N2O/c18-8-13-6-5-12(11-20)7-16(13)17-10-19-9-14-3-1-2-4-15(14)17/h1-7,9-11H. The first kappa shape index (κ1) is 12.1. The van der Waals surface area contributed by atoms with E-state index in [4.69, 9.17) is 0 Å². The highest BCUT2D eigenvalue weighted by Gasteiger charge is 2.10. The highest BCUT2D eigenvalue weighted by molar-refractivity contribution is 5.97. The van der Waals surface area contributed by atoms with Crippen molar-refractivity contribution in [2.45, 2.75) is 0 Å². The molecule has 0 aliphatic carbocycles. The zero-order valence-corrected chi connectivity index (χ0v) is 10.6.